The number of carbonyl (C=O) groups is 1. The monoisotopic (exact) mass is 237 g/mol. The van der Waals surface area contributed by atoms with Gasteiger partial charge in [0, 0.05) is 11.6 Å². The predicted octanol–water partition coefficient (Wildman–Crippen LogP) is 2.26. The Bertz CT molecular complexity index is 402. The number of nitrogens with two attached hydrogens (primary N) is 1. The average Bonchev–Trinajstić information content (AvgIpc) is 2.19. The van der Waals surface area contributed by atoms with Gasteiger partial charge in [-0.3, -0.25) is 4.79 Å². The van der Waals surface area contributed by atoms with Gasteiger partial charge in [0.2, 0.25) is 0 Å². The molecule has 0 aliphatic rings. The second-order valence-corrected chi connectivity index (χ2v) is 4.41. The van der Waals surface area contributed by atoms with E-state index in [0.717, 1.165) is 11.1 Å². The molecule has 0 amide bonds. The molecule has 0 radical (unpaired) electrons. The van der Waals surface area contributed by atoms with Gasteiger partial charge < -0.3 is 15.6 Å². The van der Waals surface area contributed by atoms with Crippen LogP contribution in [0.1, 0.15) is 37.4 Å². The van der Waals surface area contributed by atoms with Crippen molar-refractivity contribution in [3.05, 3.63) is 29.3 Å². The summed E-state index contributed by atoms with van der Waals surface area (Å²) in [5, 5.41) is 8.77. The van der Waals surface area contributed by atoms with Crippen LogP contribution in [0, 0.1) is 6.92 Å². The second-order valence-electron chi connectivity index (χ2n) is 4.41. The molecule has 1 aromatic rings. The molecule has 4 heteroatoms. The van der Waals surface area contributed by atoms with Crippen molar-refractivity contribution in [2.45, 2.75) is 39.3 Å². The molecular formula is C13H19NO3. The molecule has 0 spiro atoms. The molecule has 1 rings (SSSR count). The first-order valence-corrected chi connectivity index (χ1v) is 5.64. The van der Waals surface area contributed by atoms with Crippen molar-refractivity contribution in [3.63, 3.8) is 0 Å². The van der Waals surface area contributed by atoms with Crippen LogP contribution in [0.2, 0.25) is 0 Å². The van der Waals surface area contributed by atoms with Crippen molar-refractivity contribution in [1.29, 1.82) is 0 Å². The maximum atomic E-state index is 10.7. The number of hydrogen-bond acceptors (Lipinski definition) is 3. The van der Waals surface area contributed by atoms with Crippen LogP contribution in [0.15, 0.2) is 18.2 Å². The van der Waals surface area contributed by atoms with Gasteiger partial charge in [0.15, 0.2) is 0 Å². The van der Waals surface area contributed by atoms with E-state index in [-0.39, 0.29) is 12.5 Å². The molecule has 0 bridgehead atoms. The van der Waals surface area contributed by atoms with Crippen LogP contribution in [0.4, 0.5) is 0 Å². The Morgan fingerprint density at radius 1 is 1.47 bits per heavy atom. The lowest BCUT2D eigenvalue weighted by Crippen LogP contribution is -2.17. The third kappa shape index (κ3) is 4.07. The minimum atomic E-state index is -0.908. The first-order chi connectivity index (χ1) is 7.90. The zero-order chi connectivity index (χ0) is 13.0. The summed E-state index contributed by atoms with van der Waals surface area (Å²) in [5.41, 5.74) is 7.67. The van der Waals surface area contributed by atoms with E-state index in [1.807, 2.05) is 39.0 Å². The van der Waals surface area contributed by atoms with Crippen molar-refractivity contribution < 1.29 is 14.6 Å². The standard InChI is InChI=1S/C13H19NO3/c1-8(2)17-12-5-4-9(3)6-10(12)11(14)7-13(15)16/h4-6,8,11H,7,14H2,1-3H3,(H,15,16). The maximum absolute atomic E-state index is 10.7. The lowest BCUT2D eigenvalue weighted by atomic mass is 10.0. The first kappa shape index (κ1) is 13.5. The summed E-state index contributed by atoms with van der Waals surface area (Å²) >= 11 is 0. The van der Waals surface area contributed by atoms with Gasteiger partial charge in [-0.2, -0.15) is 0 Å². The van der Waals surface area contributed by atoms with E-state index in [9.17, 15) is 4.79 Å². The van der Waals surface area contributed by atoms with E-state index in [0.29, 0.717) is 5.75 Å². The topological polar surface area (TPSA) is 72.5 Å². The van der Waals surface area contributed by atoms with Gasteiger partial charge in [-0.15, -0.1) is 0 Å². The van der Waals surface area contributed by atoms with Crippen molar-refractivity contribution in [1.82, 2.24) is 0 Å². The smallest absolute Gasteiger partial charge is 0.305 e. The Labute approximate surface area is 101 Å². The second kappa shape index (κ2) is 5.68. The molecule has 1 aromatic carbocycles. The van der Waals surface area contributed by atoms with E-state index in [2.05, 4.69) is 0 Å². The summed E-state index contributed by atoms with van der Waals surface area (Å²) < 4.78 is 5.63. The summed E-state index contributed by atoms with van der Waals surface area (Å²) in [4.78, 5) is 10.7. The van der Waals surface area contributed by atoms with Crippen LogP contribution in [-0.2, 0) is 4.79 Å². The van der Waals surface area contributed by atoms with E-state index in [1.165, 1.54) is 0 Å². The third-order valence-electron chi connectivity index (χ3n) is 2.32. The highest BCUT2D eigenvalue weighted by Gasteiger charge is 2.16. The Morgan fingerprint density at radius 3 is 2.65 bits per heavy atom. The van der Waals surface area contributed by atoms with Gasteiger partial charge in [0.25, 0.3) is 0 Å². The van der Waals surface area contributed by atoms with Crippen LogP contribution in [0.25, 0.3) is 0 Å². The third-order valence-corrected chi connectivity index (χ3v) is 2.32. The maximum Gasteiger partial charge on any atom is 0.305 e. The summed E-state index contributed by atoms with van der Waals surface area (Å²) in [7, 11) is 0. The Hall–Kier alpha value is -1.55. The highest BCUT2D eigenvalue weighted by atomic mass is 16.5. The molecule has 1 unspecified atom stereocenters. The van der Waals surface area contributed by atoms with Crippen LogP contribution in [0.5, 0.6) is 5.75 Å². The molecule has 1 atom stereocenters. The van der Waals surface area contributed by atoms with E-state index >= 15 is 0 Å². The largest absolute Gasteiger partial charge is 0.491 e. The number of aliphatic carboxylic acids is 1. The number of carboxylic acids is 1. The zero-order valence-electron chi connectivity index (χ0n) is 10.4. The normalized spacial score (nSPS) is 12.5. The van der Waals surface area contributed by atoms with Crippen LogP contribution in [0.3, 0.4) is 0 Å². The van der Waals surface area contributed by atoms with E-state index in [4.69, 9.17) is 15.6 Å². The van der Waals surface area contributed by atoms with Gasteiger partial charge in [-0.25, -0.2) is 0 Å². The van der Waals surface area contributed by atoms with Gasteiger partial charge in [-0.1, -0.05) is 17.7 Å². The summed E-state index contributed by atoms with van der Waals surface area (Å²) in [6.07, 6.45) is -0.0637. The average molecular weight is 237 g/mol. The molecule has 3 N–H and O–H groups in total. The van der Waals surface area contributed by atoms with E-state index in [1.54, 1.807) is 0 Å². The Morgan fingerprint density at radius 2 is 2.12 bits per heavy atom. The molecule has 0 saturated heterocycles. The minimum Gasteiger partial charge on any atom is -0.491 e. The molecule has 17 heavy (non-hydrogen) atoms. The fourth-order valence-electron chi connectivity index (χ4n) is 1.62. The van der Waals surface area contributed by atoms with Gasteiger partial charge >= 0.3 is 5.97 Å². The van der Waals surface area contributed by atoms with Crippen LogP contribution < -0.4 is 10.5 Å². The highest BCUT2D eigenvalue weighted by Crippen LogP contribution is 2.27. The molecule has 94 valence electrons. The molecule has 0 aromatic heterocycles. The summed E-state index contributed by atoms with van der Waals surface area (Å²) in [5.74, 6) is -0.242. The Kier molecular flexibility index (Phi) is 4.52. The number of carboxylic acid groups (broad SMARTS) is 1. The molecule has 4 nitrogen and oxygen atoms in total. The number of ether oxygens (including phenoxy) is 1. The van der Waals surface area contributed by atoms with Crippen molar-refractivity contribution >= 4 is 5.97 Å². The van der Waals surface area contributed by atoms with E-state index < -0.39 is 12.0 Å². The number of hydrogen-bond donors (Lipinski definition) is 2. The highest BCUT2D eigenvalue weighted by molar-refractivity contribution is 5.68. The molecule has 0 heterocycles. The minimum absolute atomic E-state index is 0.0356. The molecule has 0 saturated carbocycles. The number of benzene rings is 1. The van der Waals surface area contributed by atoms with Gasteiger partial charge in [0.1, 0.15) is 5.75 Å². The van der Waals surface area contributed by atoms with Crippen LogP contribution in [-0.4, -0.2) is 17.2 Å². The lowest BCUT2D eigenvalue weighted by Gasteiger charge is -2.18. The Balaban J connectivity index is 3.01. The van der Waals surface area contributed by atoms with Gasteiger partial charge in [-0.05, 0) is 26.8 Å². The first-order valence-electron chi connectivity index (χ1n) is 5.64. The fourth-order valence-corrected chi connectivity index (χ4v) is 1.62. The predicted molar refractivity (Wildman–Crippen MR) is 66.1 cm³/mol. The number of rotatable bonds is 5. The molecule has 0 fully saturated rings. The van der Waals surface area contributed by atoms with Crippen molar-refractivity contribution in [2.75, 3.05) is 0 Å². The molecular weight excluding hydrogens is 218 g/mol. The van der Waals surface area contributed by atoms with Gasteiger partial charge in [0.05, 0.1) is 12.5 Å². The zero-order valence-corrected chi connectivity index (χ0v) is 10.4. The molecule has 0 aliphatic heterocycles. The quantitative estimate of drug-likeness (QED) is 0.823. The summed E-state index contributed by atoms with van der Waals surface area (Å²) in [6, 6.07) is 5.10. The lowest BCUT2D eigenvalue weighted by molar-refractivity contribution is -0.137. The number of aryl methyl sites for hydroxylation is 1. The molecule has 0 aliphatic carbocycles. The van der Waals surface area contributed by atoms with Crippen molar-refractivity contribution in [2.24, 2.45) is 5.73 Å². The SMILES string of the molecule is Cc1ccc(OC(C)C)c(C(N)CC(=O)O)c1. The fraction of sp³-hybridized carbons (Fsp3) is 0.462. The van der Waals surface area contributed by atoms with Crippen molar-refractivity contribution in [3.8, 4) is 5.75 Å². The summed E-state index contributed by atoms with van der Waals surface area (Å²) in [6.45, 7) is 5.79. The van der Waals surface area contributed by atoms with Crippen LogP contribution >= 0.6 is 0 Å².